The number of carbonyl (C=O) groups excluding carboxylic acids is 1. The molecule has 0 unspecified atom stereocenters. The third-order valence-electron chi connectivity index (χ3n) is 4.42. The van der Waals surface area contributed by atoms with Gasteiger partial charge in [0.15, 0.2) is 5.58 Å². The molecule has 0 radical (unpaired) electrons. The molecule has 0 fully saturated rings. The average Bonchev–Trinajstić information content (AvgIpc) is 3.13. The highest BCUT2D eigenvalue weighted by Gasteiger charge is 2.12. The Morgan fingerprint density at radius 1 is 1.04 bits per heavy atom. The molecule has 0 bridgehead atoms. The number of oxazole rings is 1. The molecule has 1 amide bonds. The summed E-state index contributed by atoms with van der Waals surface area (Å²) in [7, 11) is 0. The predicted octanol–water partition coefficient (Wildman–Crippen LogP) is 6.62. The highest BCUT2D eigenvalue weighted by molar-refractivity contribution is 6.36. The minimum Gasteiger partial charge on any atom is -0.436 e. The maximum atomic E-state index is 12.4. The first kappa shape index (κ1) is 18.5. The first-order valence-corrected chi connectivity index (χ1v) is 9.55. The van der Waals surface area contributed by atoms with Crippen LogP contribution in [0.2, 0.25) is 10.0 Å². The first-order valence-electron chi connectivity index (χ1n) is 8.80. The molecule has 1 N–H and O–H groups in total. The molecule has 4 nitrogen and oxygen atoms in total. The van der Waals surface area contributed by atoms with Gasteiger partial charge in [0.25, 0.3) is 5.91 Å². The Balaban J connectivity index is 1.55. The molecule has 140 valence electrons. The van der Waals surface area contributed by atoms with E-state index in [4.69, 9.17) is 27.6 Å². The Kier molecular flexibility index (Phi) is 5.07. The fourth-order valence-corrected chi connectivity index (χ4v) is 3.26. The van der Waals surface area contributed by atoms with Gasteiger partial charge < -0.3 is 9.73 Å². The molecule has 0 spiro atoms. The van der Waals surface area contributed by atoms with Gasteiger partial charge in [-0.25, -0.2) is 4.98 Å². The number of aryl methyl sites for hydroxylation is 1. The van der Waals surface area contributed by atoms with Gasteiger partial charge in [-0.2, -0.15) is 0 Å². The van der Waals surface area contributed by atoms with Crippen molar-refractivity contribution in [3.63, 3.8) is 0 Å². The van der Waals surface area contributed by atoms with Crippen molar-refractivity contribution in [2.75, 3.05) is 5.32 Å². The molecule has 0 aliphatic heterocycles. The number of hydrogen-bond acceptors (Lipinski definition) is 3. The van der Waals surface area contributed by atoms with E-state index in [1.807, 2.05) is 30.3 Å². The largest absolute Gasteiger partial charge is 0.436 e. The summed E-state index contributed by atoms with van der Waals surface area (Å²) in [6, 6.07) is 18.1. The quantitative estimate of drug-likeness (QED) is 0.411. The summed E-state index contributed by atoms with van der Waals surface area (Å²) in [5.41, 5.74) is 4.58. The van der Waals surface area contributed by atoms with E-state index in [9.17, 15) is 4.79 Å². The fourth-order valence-electron chi connectivity index (χ4n) is 2.88. The molecule has 28 heavy (non-hydrogen) atoms. The zero-order valence-corrected chi connectivity index (χ0v) is 16.5. The van der Waals surface area contributed by atoms with Gasteiger partial charge >= 0.3 is 0 Å². The maximum absolute atomic E-state index is 12.4. The zero-order valence-electron chi connectivity index (χ0n) is 15.0. The highest BCUT2D eigenvalue weighted by Crippen LogP contribution is 2.27. The molecule has 1 aromatic heterocycles. The summed E-state index contributed by atoms with van der Waals surface area (Å²) >= 11 is 12.0. The van der Waals surface area contributed by atoms with Crippen LogP contribution < -0.4 is 5.32 Å². The molecule has 0 aliphatic carbocycles. The van der Waals surface area contributed by atoms with Crippen LogP contribution in [0.15, 0.2) is 65.1 Å². The topological polar surface area (TPSA) is 55.1 Å². The third kappa shape index (κ3) is 3.75. The molecule has 4 rings (SSSR count). The monoisotopic (exact) mass is 410 g/mol. The van der Waals surface area contributed by atoms with E-state index in [1.54, 1.807) is 24.3 Å². The molecule has 0 aliphatic rings. The van der Waals surface area contributed by atoms with Gasteiger partial charge in [-0.05, 0) is 66.6 Å². The van der Waals surface area contributed by atoms with Crippen LogP contribution in [0.25, 0.3) is 22.6 Å². The Labute approximate surface area is 172 Å². The minimum absolute atomic E-state index is 0.323. The van der Waals surface area contributed by atoms with Gasteiger partial charge in [-0.3, -0.25) is 4.79 Å². The van der Waals surface area contributed by atoms with E-state index in [0.717, 1.165) is 23.1 Å². The van der Waals surface area contributed by atoms with E-state index in [-0.39, 0.29) is 5.91 Å². The van der Waals surface area contributed by atoms with E-state index in [0.29, 0.717) is 27.2 Å². The molecular weight excluding hydrogens is 395 g/mol. The number of nitrogens with zero attached hydrogens (tertiary/aromatic N) is 1. The van der Waals surface area contributed by atoms with Crippen molar-refractivity contribution in [3.8, 4) is 11.5 Å². The lowest BCUT2D eigenvalue weighted by Gasteiger charge is -2.07. The Morgan fingerprint density at radius 3 is 2.57 bits per heavy atom. The number of aromatic nitrogens is 1. The molecular formula is C22H16Cl2N2O2. The van der Waals surface area contributed by atoms with Crippen LogP contribution >= 0.6 is 23.2 Å². The number of hydrogen-bond donors (Lipinski definition) is 1. The van der Waals surface area contributed by atoms with Crippen molar-refractivity contribution in [2.45, 2.75) is 13.3 Å². The number of rotatable bonds is 4. The van der Waals surface area contributed by atoms with Crippen molar-refractivity contribution < 1.29 is 9.21 Å². The van der Waals surface area contributed by atoms with Crippen LogP contribution in [0.1, 0.15) is 22.8 Å². The summed E-state index contributed by atoms with van der Waals surface area (Å²) in [5, 5.41) is 3.61. The molecule has 1 heterocycles. The number of carbonyl (C=O) groups is 1. The Morgan fingerprint density at radius 2 is 1.82 bits per heavy atom. The van der Waals surface area contributed by atoms with Crippen LogP contribution in [0.3, 0.4) is 0 Å². The number of nitrogens with one attached hydrogen (secondary N) is 1. The summed E-state index contributed by atoms with van der Waals surface area (Å²) in [5.74, 6) is 0.216. The second-order valence-corrected chi connectivity index (χ2v) is 7.17. The van der Waals surface area contributed by atoms with Crippen molar-refractivity contribution in [3.05, 3.63) is 81.8 Å². The second kappa shape index (κ2) is 7.66. The minimum atomic E-state index is -0.325. The number of benzene rings is 3. The van der Waals surface area contributed by atoms with Gasteiger partial charge in [0.2, 0.25) is 5.89 Å². The Hall–Kier alpha value is -2.82. The van der Waals surface area contributed by atoms with Crippen LogP contribution in [0.4, 0.5) is 5.69 Å². The molecule has 0 atom stereocenters. The van der Waals surface area contributed by atoms with Crippen molar-refractivity contribution in [2.24, 2.45) is 0 Å². The predicted molar refractivity (Wildman–Crippen MR) is 113 cm³/mol. The lowest BCUT2D eigenvalue weighted by molar-refractivity contribution is 0.102. The van der Waals surface area contributed by atoms with E-state index in [2.05, 4.69) is 17.2 Å². The SMILES string of the molecule is CCc1ccc2oc(-c3ccc(NC(=O)c4cc(Cl)ccc4Cl)cc3)nc2c1. The number of anilines is 1. The van der Waals surface area contributed by atoms with Crippen LogP contribution in [0, 0.1) is 0 Å². The average molecular weight is 411 g/mol. The van der Waals surface area contributed by atoms with Gasteiger partial charge in [-0.15, -0.1) is 0 Å². The fraction of sp³-hybridized carbons (Fsp3) is 0.0909. The molecule has 0 saturated carbocycles. The lowest BCUT2D eigenvalue weighted by Crippen LogP contribution is -2.12. The third-order valence-corrected chi connectivity index (χ3v) is 4.99. The summed E-state index contributed by atoms with van der Waals surface area (Å²) in [4.78, 5) is 17.0. The van der Waals surface area contributed by atoms with E-state index < -0.39 is 0 Å². The number of fused-ring (bicyclic) bond motifs is 1. The van der Waals surface area contributed by atoms with Crippen LogP contribution in [-0.2, 0) is 6.42 Å². The van der Waals surface area contributed by atoms with Crippen LogP contribution in [0.5, 0.6) is 0 Å². The molecule has 3 aromatic carbocycles. The van der Waals surface area contributed by atoms with E-state index in [1.165, 1.54) is 11.6 Å². The van der Waals surface area contributed by atoms with Gasteiger partial charge in [0, 0.05) is 16.3 Å². The zero-order chi connectivity index (χ0) is 19.7. The van der Waals surface area contributed by atoms with Crippen molar-refractivity contribution >= 4 is 45.9 Å². The summed E-state index contributed by atoms with van der Waals surface area (Å²) in [6.07, 6.45) is 0.948. The van der Waals surface area contributed by atoms with Crippen LogP contribution in [-0.4, -0.2) is 10.9 Å². The van der Waals surface area contributed by atoms with Crippen molar-refractivity contribution in [1.82, 2.24) is 4.98 Å². The first-order chi connectivity index (χ1) is 13.5. The van der Waals surface area contributed by atoms with E-state index >= 15 is 0 Å². The lowest BCUT2D eigenvalue weighted by atomic mass is 10.1. The van der Waals surface area contributed by atoms with Crippen molar-refractivity contribution in [1.29, 1.82) is 0 Å². The van der Waals surface area contributed by atoms with Gasteiger partial charge in [-0.1, -0.05) is 36.2 Å². The van der Waals surface area contributed by atoms with Gasteiger partial charge in [0.1, 0.15) is 5.52 Å². The molecule has 4 aromatic rings. The number of amides is 1. The Bertz CT molecular complexity index is 1170. The highest BCUT2D eigenvalue weighted by atomic mass is 35.5. The molecule has 0 saturated heterocycles. The normalized spacial score (nSPS) is 11.0. The van der Waals surface area contributed by atoms with Gasteiger partial charge in [0.05, 0.1) is 10.6 Å². The standard InChI is InChI=1S/C22H16Cl2N2O2/c1-2-13-3-10-20-19(11-13)26-22(28-20)14-4-7-16(8-5-14)25-21(27)17-12-15(23)6-9-18(17)24/h3-12H,2H2,1H3,(H,25,27). The smallest absolute Gasteiger partial charge is 0.257 e. The summed E-state index contributed by atoms with van der Waals surface area (Å²) in [6.45, 7) is 2.10. The second-order valence-electron chi connectivity index (χ2n) is 6.33. The summed E-state index contributed by atoms with van der Waals surface area (Å²) < 4.78 is 5.84. The number of halogens is 2. The molecule has 6 heteroatoms. The maximum Gasteiger partial charge on any atom is 0.257 e.